The number of halogens is 1. The molecule has 1 N–H and O–H groups in total. The molecule has 0 bridgehead atoms. The van der Waals surface area contributed by atoms with E-state index in [1.807, 2.05) is 0 Å². The Hall–Kier alpha value is -3.17. The number of benzene rings is 2. The molecule has 2 aromatic carbocycles. The summed E-state index contributed by atoms with van der Waals surface area (Å²) >= 11 is 5.79. The zero-order valence-electron chi connectivity index (χ0n) is 17.6. The number of nitrogens with zero attached hydrogens (tertiary/aromatic N) is 1. The standard InChI is InChI=1S/C23H23ClN2O6S/c24-18-10-8-17(9-11-18)23(29)25-13-4-7-22(28)32-15-21(27)26(19-5-2-1-3-6-19)20-12-14-33(30,31)16-20/h1-3,5-6,8-12,14,20H,4,7,13,15-16H2,(H,25,29). The molecule has 2 aromatic rings. The Bertz CT molecular complexity index is 1130. The van der Waals surface area contributed by atoms with Gasteiger partial charge in [-0.25, -0.2) is 8.42 Å². The van der Waals surface area contributed by atoms with Crippen molar-refractivity contribution < 1.29 is 27.5 Å². The number of amides is 2. The number of hydrogen-bond acceptors (Lipinski definition) is 6. The Morgan fingerprint density at radius 3 is 2.39 bits per heavy atom. The van der Waals surface area contributed by atoms with Crippen molar-refractivity contribution in [2.75, 3.05) is 23.8 Å². The summed E-state index contributed by atoms with van der Waals surface area (Å²) in [5.74, 6) is -1.63. The molecule has 8 nitrogen and oxygen atoms in total. The molecule has 0 spiro atoms. The molecule has 0 radical (unpaired) electrons. The molecule has 1 aliphatic rings. The lowest BCUT2D eigenvalue weighted by atomic mass is 10.2. The van der Waals surface area contributed by atoms with Crippen LogP contribution in [0, 0.1) is 0 Å². The van der Waals surface area contributed by atoms with Crippen molar-refractivity contribution in [1.29, 1.82) is 0 Å². The van der Waals surface area contributed by atoms with E-state index in [4.69, 9.17) is 16.3 Å². The second-order valence-corrected chi connectivity index (χ2v) is 9.72. The molecule has 0 aliphatic carbocycles. The molecule has 0 saturated heterocycles. The first kappa shape index (κ1) is 24.5. The fraction of sp³-hybridized carbons (Fsp3) is 0.261. The van der Waals surface area contributed by atoms with Crippen molar-refractivity contribution in [1.82, 2.24) is 5.32 Å². The highest BCUT2D eigenvalue weighted by Crippen LogP contribution is 2.22. The largest absolute Gasteiger partial charge is 0.456 e. The molecule has 0 fully saturated rings. The first-order chi connectivity index (χ1) is 15.7. The van der Waals surface area contributed by atoms with Gasteiger partial charge in [0.05, 0.1) is 11.8 Å². The number of anilines is 1. The minimum atomic E-state index is -3.38. The topological polar surface area (TPSA) is 110 Å². The van der Waals surface area contributed by atoms with E-state index in [2.05, 4.69) is 5.32 Å². The van der Waals surface area contributed by atoms with Crippen LogP contribution in [0.3, 0.4) is 0 Å². The first-order valence-electron chi connectivity index (χ1n) is 10.2. The van der Waals surface area contributed by atoms with Crippen LogP contribution in [0.15, 0.2) is 66.1 Å². The second-order valence-electron chi connectivity index (χ2n) is 7.35. The van der Waals surface area contributed by atoms with Gasteiger partial charge < -0.3 is 15.0 Å². The van der Waals surface area contributed by atoms with Crippen molar-refractivity contribution in [3.8, 4) is 0 Å². The minimum absolute atomic E-state index is 0.0111. The van der Waals surface area contributed by atoms with Gasteiger partial charge in [0.1, 0.15) is 0 Å². The third-order valence-corrected chi connectivity index (χ3v) is 6.48. The summed E-state index contributed by atoms with van der Waals surface area (Å²) in [5, 5.41) is 4.31. The third kappa shape index (κ3) is 7.16. The molecule has 10 heteroatoms. The monoisotopic (exact) mass is 490 g/mol. The molecular formula is C23H23ClN2O6S. The highest BCUT2D eigenvalue weighted by molar-refractivity contribution is 7.94. The molecule has 1 atom stereocenters. The van der Waals surface area contributed by atoms with E-state index in [1.54, 1.807) is 54.6 Å². The zero-order valence-corrected chi connectivity index (χ0v) is 19.2. The number of hydrogen-bond donors (Lipinski definition) is 1. The SMILES string of the molecule is O=C(CCCNC(=O)c1ccc(Cl)cc1)OCC(=O)N(c1ccccc1)C1C=CS(=O)(=O)C1. The summed E-state index contributed by atoms with van der Waals surface area (Å²) in [5.41, 5.74) is 0.965. The number of ether oxygens (including phenoxy) is 1. The normalized spacial score (nSPS) is 16.2. The highest BCUT2D eigenvalue weighted by Gasteiger charge is 2.31. The Kier molecular flexibility index (Phi) is 8.24. The van der Waals surface area contributed by atoms with Gasteiger partial charge in [-0.3, -0.25) is 14.4 Å². The number of para-hydroxylation sites is 1. The van der Waals surface area contributed by atoms with Gasteiger partial charge in [0.2, 0.25) is 0 Å². The van der Waals surface area contributed by atoms with Crippen LogP contribution in [0.1, 0.15) is 23.2 Å². The van der Waals surface area contributed by atoms with E-state index in [-0.39, 0.29) is 24.6 Å². The van der Waals surface area contributed by atoms with Crippen molar-refractivity contribution in [2.24, 2.45) is 0 Å². The number of nitrogens with one attached hydrogen (secondary N) is 1. The lowest BCUT2D eigenvalue weighted by molar-refractivity contribution is -0.148. The fourth-order valence-corrected chi connectivity index (χ4v) is 4.65. The summed E-state index contributed by atoms with van der Waals surface area (Å²) in [6.07, 6.45) is 1.79. The molecule has 3 rings (SSSR count). The summed E-state index contributed by atoms with van der Waals surface area (Å²) in [6, 6.07) is 14.3. The minimum Gasteiger partial charge on any atom is -0.456 e. The molecule has 1 aliphatic heterocycles. The third-order valence-electron chi connectivity index (χ3n) is 4.85. The smallest absolute Gasteiger partial charge is 0.306 e. The van der Waals surface area contributed by atoms with Gasteiger partial charge >= 0.3 is 5.97 Å². The molecular weight excluding hydrogens is 468 g/mol. The zero-order chi connectivity index (χ0) is 23.8. The average Bonchev–Trinajstić information content (AvgIpc) is 3.15. The predicted molar refractivity (Wildman–Crippen MR) is 125 cm³/mol. The fourth-order valence-electron chi connectivity index (χ4n) is 3.25. The Balaban J connectivity index is 1.47. The van der Waals surface area contributed by atoms with Crippen LogP contribution in [0.5, 0.6) is 0 Å². The van der Waals surface area contributed by atoms with Crippen LogP contribution < -0.4 is 10.2 Å². The van der Waals surface area contributed by atoms with Gasteiger partial charge in [0, 0.05) is 34.6 Å². The molecule has 1 heterocycles. The van der Waals surface area contributed by atoms with Gasteiger partial charge in [-0.2, -0.15) is 0 Å². The van der Waals surface area contributed by atoms with E-state index >= 15 is 0 Å². The van der Waals surface area contributed by atoms with Crippen molar-refractivity contribution in [3.05, 3.63) is 76.7 Å². The Labute approximate surface area is 197 Å². The van der Waals surface area contributed by atoms with Crippen LogP contribution in [0.2, 0.25) is 5.02 Å². The summed E-state index contributed by atoms with van der Waals surface area (Å²) in [7, 11) is -3.38. The van der Waals surface area contributed by atoms with E-state index in [1.165, 1.54) is 11.0 Å². The maximum Gasteiger partial charge on any atom is 0.306 e. The van der Waals surface area contributed by atoms with Crippen molar-refractivity contribution in [2.45, 2.75) is 18.9 Å². The molecule has 0 saturated carbocycles. The Morgan fingerprint density at radius 2 is 1.76 bits per heavy atom. The number of esters is 1. The quantitative estimate of drug-likeness (QED) is 0.427. The maximum atomic E-state index is 12.8. The molecule has 0 aromatic heterocycles. The van der Waals surface area contributed by atoms with E-state index in [0.29, 0.717) is 22.7 Å². The van der Waals surface area contributed by atoms with E-state index in [0.717, 1.165) is 5.41 Å². The van der Waals surface area contributed by atoms with Crippen LogP contribution in [0.4, 0.5) is 5.69 Å². The van der Waals surface area contributed by atoms with E-state index in [9.17, 15) is 22.8 Å². The number of sulfone groups is 1. The van der Waals surface area contributed by atoms with Crippen LogP contribution in [-0.4, -0.2) is 51.1 Å². The van der Waals surface area contributed by atoms with Gasteiger partial charge in [0.25, 0.3) is 11.8 Å². The van der Waals surface area contributed by atoms with Crippen molar-refractivity contribution >= 4 is 44.9 Å². The van der Waals surface area contributed by atoms with Crippen LogP contribution in [0.25, 0.3) is 0 Å². The molecule has 1 unspecified atom stereocenters. The summed E-state index contributed by atoms with van der Waals surface area (Å²) in [4.78, 5) is 38.2. The Morgan fingerprint density at radius 1 is 1.06 bits per heavy atom. The van der Waals surface area contributed by atoms with Crippen LogP contribution >= 0.6 is 11.6 Å². The maximum absolute atomic E-state index is 12.8. The number of carbonyl (C=O) groups is 3. The first-order valence-corrected chi connectivity index (χ1v) is 12.3. The number of rotatable bonds is 9. The van der Waals surface area contributed by atoms with E-state index < -0.39 is 34.4 Å². The molecule has 33 heavy (non-hydrogen) atoms. The molecule has 174 valence electrons. The van der Waals surface area contributed by atoms with Crippen molar-refractivity contribution in [3.63, 3.8) is 0 Å². The second kappa shape index (κ2) is 11.1. The summed E-state index contributed by atoms with van der Waals surface area (Å²) < 4.78 is 28.7. The van der Waals surface area contributed by atoms with Gasteiger partial charge in [-0.1, -0.05) is 29.8 Å². The lowest BCUT2D eigenvalue weighted by Gasteiger charge is -2.27. The lowest BCUT2D eigenvalue weighted by Crippen LogP contribution is -2.43. The van der Waals surface area contributed by atoms with Gasteiger partial charge in [-0.05, 0) is 48.9 Å². The average molecular weight is 491 g/mol. The van der Waals surface area contributed by atoms with Gasteiger partial charge in [-0.15, -0.1) is 0 Å². The predicted octanol–water partition coefficient (Wildman–Crippen LogP) is 2.74. The summed E-state index contributed by atoms with van der Waals surface area (Å²) in [6.45, 7) is -0.263. The van der Waals surface area contributed by atoms with Crippen LogP contribution in [-0.2, 0) is 24.2 Å². The number of carbonyl (C=O) groups excluding carboxylic acids is 3. The van der Waals surface area contributed by atoms with Gasteiger partial charge in [0.15, 0.2) is 16.4 Å². The highest BCUT2D eigenvalue weighted by atomic mass is 35.5. The molecule has 2 amide bonds.